The monoisotopic (exact) mass is 295 g/mol. The molecule has 0 aliphatic carbocycles. The SMILES string of the molecule is CCCC(CCO)CNC(=O)c1c(OC)cccc1OC. The smallest absolute Gasteiger partial charge is 0.258 e. The molecule has 2 N–H and O–H groups in total. The molecule has 0 fully saturated rings. The predicted molar refractivity (Wildman–Crippen MR) is 82.0 cm³/mol. The van der Waals surface area contributed by atoms with Crippen molar-refractivity contribution >= 4 is 5.91 Å². The molecule has 0 aromatic heterocycles. The lowest BCUT2D eigenvalue weighted by Crippen LogP contribution is -2.30. The summed E-state index contributed by atoms with van der Waals surface area (Å²) in [4.78, 5) is 12.4. The maximum absolute atomic E-state index is 12.4. The van der Waals surface area contributed by atoms with E-state index in [1.807, 2.05) is 0 Å². The number of hydrogen-bond acceptors (Lipinski definition) is 4. The van der Waals surface area contributed by atoms with Crippen molar-refractivity contribution in [1.82, 2.24) is 5.32 Å². The molecule has 0 aliphatic rings. The van der Waals surface area contributed by atoms with Crippen molar-refractivity contribution in [3.8, 4) is 11.5 Å². The highest BCUT2D eigenvalue weighted by Crippen LogP contribution is 2.28. The summed E-state index contributed by atoms with van der Waals surface area (Å²) in [6, 6.07) is 5.24. The fraction of sp³-hybridized carbons (Fsp3) is 0.562. The summed E-state index contributed by atoms with van der Waals surface area (Å²) in [7, 11) is 3.05. The van der Waals surface area contributed by atoms with Gasteiger partial charge in [-0.25, -0.2) is 0 Å². The third-order valence-corrected chi connectivity index (χ3v) is 3.44. The van der Waals surface area contributed by atoms with Gasteiger partial charge in [0.05, 0.1) is 14.2 Å². The molecule has 0 bridgehead atoms. The maximum atomic E-state index is 12.4. The van der Waals surface area contributed by atoms with Crippen molar-refractivity contribution in [2.75, 3.05) is 27.4 Å². The molecule has 0 spiro atoms. The largest absolute Gasteiger partial charge is 0.496 e. The lowest BCUT2D eigenvalue weighted by molar-refractivity contribution is 0.0936. The second kappa shape index (κ2) is 9.23. The van der Waals surface area contributed by atoms with E-state index in [1.165, 1.54) is 14.2 Å². The molecule has 1 rings (SSSR count). The van der Waals surface area contributed by atoms with Crippen molar-refractivity contribution in [2.24, 2.45) is 5.92 Å². The van der Waals surface area contributed by atoms with Gasteiger partial charge in [0, 0.05) is 13.2 Å². The minimum Gasteiger partial charge on any atom is -0.496 e. The lowest BCUT2D eigenvalue weighted by atomic mass is 10.00. The summed E-state index contributed by atoms with van der Waals surface area (Å²) in [6.07, 6.45) is 2.69. The summed E-state index contributed by atoms with van der Waals surface area (Å²) >= 11 is 0. The van der Waals surface area contributed by atoms with Crippen LogP contribution in [-0.4, -0.2) is 38.4 Å². The zero-order valence-electron chi connectivity index (χ0n) is 13.0. The molecule has 1 aromatic rings. The maximum Gasteiger partial charge on any atom is 0.258 e. The van der Waals surface area contributed by atoms with Gasteiger partial charge < -0.3 is 19.9 Å². The highest BCUT2D eigenvalue weighted by Gasteiger charge is 2.19. The van der Waals surface area contributed by atoms with E-state index in [9.17, 15) is 4.79 Å². The molecule has 1 amide bonds. The minimum atomic E-state index is -0.219. The van der Waals surface area contributed by atoms with E-state index in [0.29, 0.717) is 30.0 Å². The van der Waals surface area contributed by atoms with E-state index in [2.05, 4.69) is 12.2 Å². The average Bonchev–Trinajstić information content (AvgIpc) is 2.51. The second-order valence-corrected chi connectivity index (χ2v) is 4.91. The van der Waals surface area contributed by atoms with Gasteiger partial charge in [0.25, 0.3) is 5.91 Å². The molecule has 21 heavy (non-hydrogen) atoms. The Morgan fingerprint density at radius 3 is 2.33 bits per heavy atom. The fourth-order valence-corrected chi connectivity index (χ4v) is 2.34. The van der Waals surface area contributed by atoms with Crippen molar-refractivity contribution in [3.63, 3.8) is 0 Å². The van der Waals surface area contributed by atoms with Gasteiger partial charge >= 0.3 is 0 Å². The predicted octanol–water partition coefficient (Wildman–Crippen LogP) is 2.23. The summed E-state index contributed by atoms with van der Waals surface area (Å²) < 4.78 is 10.5. The molecule has 0 radical (unpaired) electrons. The van der Waals surface area contributed by atoms with Crippen LogP contribution in [0.25, 0.3) is 0 Å². The Bertz CT molecular complexity index is 420. The Labute approximate surface area is 126 Å². The van der Waals surface area contributed by atoms with Crippen LogP contribution < -0.4 is 14.8 Å². The number of amides is 1. The second-order valence-electron chi connectivity index (χ2n) is 4.91. The lowest BCUT2D eigenvalue weighted by Gasteiger charge is -2.17. The molecular formula is C16H25NO4. The highest BCUT2D eigenvalue weighted by molar-refractivity contribution is 5.99. The van der Waals surface area contributed by atoms with Crippen molar-refractivity contribution in [1.29, 1.82) is 0 Å². The van der Waals surface area contributed by atoms with Gasteiger partial charge in [-0.3, -0.25) is 4.79 Å². The zero-order valence-corrected chi connectivity index (χ0v) is 13.0. The van der Waals surface area contributed by atoms with Crippen LogP contribution in [0.4, 0.5) is 0 Å². The third kappa shape index (κ3) is 4.93. The Morgan fingerprint density at radius 2 is 1.86 bits per heavy atom. The molecule has 5 heteroatoms. The van der Waals surface area contributed by atoms with Crippen LogP contribution in [0, 0.1) is 5.92 Å². The number of hydrogen-bond donors (Lipinski definition) is 2. The zero-order chi connectivity index (χ0) is 15.7. The van der Waals surface area contributed by atoms with Gasteiger partial charge in [0.1, 0.15) is 17.1 Å². The van der Waals surface area contributed by atoms with Gasteiger partial charge in [-0.05, 0) is 30.9 Å². The van der Waals surface area contributed by atoms with Gasteiger partial charge in [0.15, 0.2) is 0 Å². The van der Waals surface area contributed by atoms with Crippen molar-refractivity contribution in [3.05, 3.63) is 23.8 Å². The van der Waals surface area contributed by atoms with E-state index in [0.717, 1.165) is 12.8 Å². The summed E-state index contributed by atoms with van der Waals surface area (Å²) in [6.45, 7) is 2.77. The van der Waals surface area contributed by atoms with E-state index in [4.69, 9.17) is 14.6 Å². The molecule has 0 heterocycles. The minimum absolute atomic E-state index is 0.137. The summed E-state index contributed by atoms with van der Waals surface area (Å²) in [5.74, 6) is 1.04. The first-order valence-corrected chi connectivity index (χ1v) is 7.27. The first-order chi connectivity index (χ1) is 10.2. The number of benzene rings is 1. The number of nitrogens with one attached hydrogen (secondary N) is 1. The third-order valence-electron chi connectivity index (χ3n) is 3.44. The summed E-state index contributed by atoms with van der Waals surface area (Å²) in [5, 5.41) is 12.0. The number of carbonyl (C=O) groups excluding carboxylic acids is 1. The number of ether oxygens (including phenoxy) is 2. The Morgan fingerprint density at radius 1 is 1.24 bits per heavy atom. The number of rotatable bonds is 9. The number of carbonyl (C=O) groups is 1. The van der Waals surface area contributed by atoms with Gasteiger partial charge in [-0.2, -0.15) is 0 Å². The summed E-state index contributed by atoms with van der Waals surface area (Å²) in [5.41, 5.74) is 0.404. The quantitative estimate of drug-likeness (QED) is 0.733. The van der Waals surface area contributed by atoms with Crippen LogP contribution in [0.15, 0.2) is 18.2 Å². The van der Waals surface area contributed by atoms with E-state index >= 15 is 0 Å². The molecule has 118 valence electrons. The molecule has 0 aliphatic heterocycles. The van der Waals surface area contributed by atoms with Crippen LogP contribution in [-0.2, 0) is 0 Å². The molecule has 1 aromatic carbocycles. The Hall–Kier alpha value is -1.75. The van der Waals surface area contributed by atoms with Crippen LogP contribution in [0.1, 0.15) is 36.5 Å². The molecular weight excluding hydrogens is 270 g/mol. The standard InChI is InChI=1S/C16H25NO4/c1-4-6-12(9-10-18)11-17-16(19)15-13(20-2)7-5-8-14(15)21-3/h5,7-8,12,18H,4,6,9-11H2,1-3H3,(H,17,19). The number of aliphatic hydroxyl groups is 1. The van der Waals surface area contributed by atoms with Gasteiger partial charge in [-0.15, -0.1) is 0 Å². The molecule has 5 nitrogen and oxygen atoms in total. The van der Waals surface area contributed by atoms with Crippen LogP contribution in [0.3, 0.4) is 0 Å². The van der Waals surface area contributed by atoms with Crippen LogP contribution >= 0.6 is 0 Å². The van der Waals surface area contributed by atoms with E-state index in [-0.39, 0.29) is 18.4 Å². The van der Waals surface area contributed by atoms with Gasteiger partial charge in [-0.1, -0.05) is 19.4 Å². The van der Waals surface area contributed by atoms with Crippen molar-refractivity contribution in [2.45, 2.75) is 26.2 Å². The van der Waals surface area contributed by atoms with E-state index < -0.39 is 0 Å². The molecule has 1 atom stereocenters. The van der Waals surface area contributed by atoms with E-state index in [1.54, 1.807) is 18.2 Å². The highest BCUT2D eigenvalue weighted by atomic mass is 16.5. The topological polar surface area (TPSA) is 67.8 Å². The Kier molecular flexibility index (Phi) is 7.61. The molecule has 1 unspecified atom stereocenters. The molecule has 0 saturated carbocycles. The Balaban J connectivity index is 2.79. The first-order valence-electron chi connectivity index (χ1n) is 7.27. The fourth-order valence-electron chi connectivity index (χ4n) is 2.34. The van der Waals surface area contributed by atoms with Gasteiger partial charge in [0.2, 0.25) is 0 Å². The number of aliphatic hydroxyl groups excluding tert-OH is 1. The average molecular weight is 295 g/mol. The normalized spacial score (nSPS) is 11.8. The van der Waals surface area contributed by atoms with Crippen molar-refractivity contribution < 1.29 is 19.4 Å². The number of methoxy groups -OCH3 is 2. The van der Waals surface area contributed by atoms with Crippen LogP contribution in [0.5, 0.6) is 11.5 Å². The molecule has 0 saturated heterocycles. The first kappa shape index (κ1) is 17.3. The van der Waals surface area contributed by atoms with Crippen LogP contribution in [0.2, 0.25) is 0 Å².